The molecule has 0 aliphatic heterocycles. The van der Waals surface area contributed by atoms with Crippen LogP contribution in [0.5, 0.6) is 5.75 Å². The van der Waals surface area contributed by atoms with E-state index < -0.39 is 0 Å². The number of aliphatic hydroxyl groups excluding tert-OH is 1. The van der Waals surface area contributed by atoms with E-state index in [2.05, 4.69) is 11.8 Å². The average Bonchev–Trinajstić information content (AvgIpc) is 2.59. The lowest BCUT2D eigenvalue weighted by Crippen LogP contribution is -1.97. The van der Waals surface area contributed by atoms with Crippen molar-refractivity contribution in [3.05, 3.63) is 77.9 Å². The first-order valence-corrected chi connectivity index (χ1v) is 7.16. The summed E-state index contributed by atoms with van der Waals surface area (Å²) in [6.07, 6.45) is 0. The lowest BCUT2D eigenvalue weighted by molar-refractivity contribution is 0.306. The summed E-state index contributed by atoms with van der Waals surface area (Å²) in [6.45, 7) is 0.328. The van der Waals surface area contributed by atoms with Crippen LogP contribution in [0.15, 0.2) is 66.7 Å². The molecule has 0 aromatic heterocycles. The third kappa shape index (κ3) is 3.11. The van der Waals surface area contributed by atoms with Gasteiger partial charge < -0.3 is 9.84 Å². The minimum absolute atomic E-state index is 0.165. The molecule has 0 saturated heterocycles. The highest BCUT2D eigenvalue weighted by atomic mass is 16.5. The van der Waals surface area contributed by atoms with E-state index in [9.17, 15) is 0 Å². The first-order valence-electron chi connectivity index (χ1n) is 7.16. The van der Waals surface area contributed by atoms with Gasteiger partial charge in [0.25, 0.3) is 0 Å². The highest BCUT2D eigenvalue weighted by Crippen LogP contribution is 2.28. The number of ether oxygens (including phenoxy) is 1. The second-order valence-corrected chi connectivity index (χ2v) is 4.89. The lowest BCUT2D eigenvalue weighted by atomic mass is 10.0. The zero-order valence-corrected chi connectivity index (χ0v) is 12.1. The molecule has 0 saturated carbocycles. The topological polar surface area (TPSA) is 29.5 Å². The molecule has 0 radical (unpaired) electrons. The molecule has 0 unspecified atom stereocenters. The highest BCUT2D eigenvalue weighted by Gasteiger charge is 2.07. The van der Waals surface area contributed by atoms with Crippen LogP contribution in [-0.4, -0.2) is 11.7 Å². The number of aliphatic hydroxyl groups is 1. The molecule has 1 N–H and O–H groups in total. The summed E-state index contributed by atoms with van der Waals surface area (Å²) in [5.41, 5.74) is 1.93. The fourth-order valence-corrected chi connectivity index (χ4v) is 2.36. The van der Waals surface area contributed by atoms with Gasteiger partial charge in [-0.3, -0.25) is 0 Å². The molecular formula is C20H16O2. The van der Waals surface area contributed by atoms with Crippen LogP contribution in [0.25, 0.3) is 10.8 Å². The minimum Gasteiger partial charge on any atom is -0.488 e. The first kappa shape index (κ1) is 14.2. The van der Waals surface area contributed by atoms with E-state index in [1.165, 1.54) is 0 Å². The predicted molar refractivity (Wildman–Crippen MR) is 88.7 cm³/mol. The Kier molecular flexibility index (Phi) is 4.38. The molecule has 3 aromatic carbocycles. The van der Waals surface area contributed by atoms with Crippen molar-refractivity contribution in [2.75, 3.05) is 6.61 Å². The molecule has 0 bridgehead atoms. The SMILES string of the molecule is OCC#Cc1c(OCc2ccccc2)ccc2ccccc12. The molecule has 3 aromatic rings. The molecule has 108 valence electrons. The van der Waals surface area contributed by atoms with Crippen molar-refractivity contribution in [2.24, 2.45) is 0 Å². The number of hydrogen-bond acceptors (Lipinski definition) is 2. The molecule has 3 rings (SSSR count). The van der Waals surface area contributed by atoms with Crippen LogP contribution in [-0.2, 0) is 6.61 Å². The van der Waals surface area contributed by atoms with Crippen LogP contribution in [0.3, 0.4) is 0 Å². The monoisotopic (exact) mass is 288 g/mol. The van der Waals surface area contributed by atoms with Crippen LogP contribution in [0, 0.1) is 11.8 Å². The molecule has 2 nitrogen and oxygen atoms in total. The average molecular weight is 288 g/mol. The van der Waals surface area contributed by atoms with Crippen molar-refractivity contribution in [3.8, 4) is 17.6 Å². The maximum absolute atomic E-state index is 8.98. The summed E-state index contributed by atoms with van der Waals surface area (Å²) >= 11 is 0. The standard InChI is InChI=1S/C20H16O2/c21-14-6-11-19-18-10-5-4-9-17(18)12-13-20(19)22-15-16-7-2-1-3-8-16/h1-5,7-10,12-13,21H,14-15H2. The van der Waals surface area contributed by atoms with Gasteiger partial charge in [-0.1, -0.05) is 72.5 Å². The van der Waals surface area contributed by atoms with Crippen LogP contribution in [0.2, 0.25) is 0 Å². The molecule has 0 aliphatic carbocycles. The van der Waals surface area contributed by atoms with E-state index in [1.807, 2.05) is 66.7 Å². The van der Waals surface area contributed by atoms with Crippen molar-refractivity contribution in [2.45, 2.75) is 6.61 Å². The van der Waals surface area contributed by atoms with Gasteiger partial charge >= 0.3 is 0 Å². The fraction of sp³-hybridized carbons (Fsp3) is 0.100. The predicted octanol–water partition coefficient (Wildman–Crippen LogP) is 3.76. The molecular weight excluding hydrogens is 272 g/mol. The molecule has 0 atom stereocenters. The van der Waals surface area contributed by atoms with Crippen LogP contribution >= 0.6 is 0 Å². The zero-order chi connectivity index (χ0) is 15.2. The van der Waals surface area contributed by atoms with E-state index in [4.69, 9.17) is 9.84 Å². The van der Waals surface area contributed by atoms with Gasteiger partial charge in [0.1, 0.15) is 19.0 Å². The maximum Gasteiger partial charge on any atom is 0.136 e. The van der Waals surface area contributed by atoms with E-state index in [-0.39, 0.29) is 6.61 Å². The number of hydrogen-bond donors (Lipinski definition) is 1. The number of fused-ring (bicyclic) bond motifs is 1. The van der Waals surface area contributed by atoms with Gasteiger partial charge in [0.05, 0.1) is 5.56 Å². The Bertz CT molecular complexity index is 826. The molecule has 0 heterocycles. The van der Waals surface area contributed by atoms with Gasteiger partial charge in [-0.05, 0) is 17.0 Å². The Hall–Kier alpha value is -2.76. The van der Waals surface area contributed by atoms with Crippen molar-refractivity contribution >= 4 is 10.8 Å². The number of benzene rings is 3. The Balaban J connectivity index is 1.97. The smallest absolute Gasteiger partial charge is 0.136 e. The van der Waals surface area contributed by atoms with Crippen LogP contribution in [0.1, 0.15) is 11.1 Å². The van der Waals surface area contributed by atoms with Gasteiger partial charge in [-0.25, -0.2) is 0 Å². The molecule has 2 heteroatoms. The molecule has 0 aliphatic rings. The molecule has 22 heavy (non-hydrogen) atoms. The third-order valence-corrected chi connectivity index (χ3v) is 3.42. The van der Waals surface area contributed by atoms with Crippen molar-refractivity contribution in [3.63, 3.8) is 0 Å². The summed E-state index contributed by atoms with van der Waals surface area (Å²) < 4.78 is 5.94. The van der Waals surface area contributed by atoms with Gasteiger partial charge in [0, 0.05) is 5.39 Å². The second-order valence-electron chi connectivity index (χ2n) is 4.89. The minimum atomic E-state index is -0.165. The van der Waals surface area contributed by atoms with Crippen molar-refractivity contribution in [1.29, 1.82) is 0 Å². The molecule has 0 amide bonds. The van der Waals surface area contributed by atoms with Gasteiger partial charge in [0.2, 0.25) is 0 Å². The van der Waals surface area contributed by atoms with Crippen molar-refractivity contribution < 1.29 is 9.84 Å². The van der Waals surface area contributed by atoms with E-state index in [0.717, 1.165) is 27.6 Å². The summed E-state index contributed by atoms with van der Waals surface area (Å²) in [5.74, 6) is 6.48. The third-order valence-electron chi connectivity index (χ3n) is 3.42. The summed E-state index contributed by atoms with van der Waals surface area (Å²) in [6, 6.07) is 22.0. The van der Waals surface area contributed by atoms with Crippen LogP contribution < -0.4 is 4.74 Å². The Labute approximate surface area is 130 Å². The second kappa shape index (κ2) is 6.80. The summed E-state index contributed by atoms with van der Waals surface area (Å²) in [7, 11) is 0. The number of rotatable bonds is 3. The zero-order valence-electron chi connectivity index (χ0n) is 12.1. The Morgan fingerprint density at radius 1 is 0.864 bits per heavy atom. The van der Waals surface area contributed by atoms with Crippen molar-refractivity contribution in [1.82, 2.24) is 0 Å². The van der Waals surface area contributed by atoms with E-state index in [1.54, 1.807) is 0 Å². The van der Waals surface area contributed by atoms with Gasteiger partial charge in [0.15, 0.2) is 0 Å². The Morgan fingerprint density at radius 3 is 2.45 bits per heavy atom. The first-order chi connectivity index (χ1) is 10.9. The summed E-state index contributed by atoms with van der Waals surface area (Å²) in [5, 5.41) is 11.1. The normalized spacial score (nSPS) is 10.0. The Morgan fingerprint density at radius 2 is 1.64 bits per heavy atom. The summed E-state index contributed by atoms with van der Waals surface area (Å²) in [4.78, 5) is 0. The van der Waals surface area contributed by atoms with E-state index >= 15 is 0 Å². The highest BCUT2D eigenvalue weighted by molar-refractivity contribution is 5.90. The van der Waals surface area contributed by atoms with Crippen LogP contribution in [0.4, 0.5) is 0 Å². The maximum atomic E-state index is 8.98. The largest absolute Gasteiger partial charge is 0.488 e. The van der Waals surface area contributed by atoms with E-state index in [0.29, 0.717) is 6.61 Å². The molecule has 0 spiro atoms. The lowest BCUT2D eigenvalue weighted by Gasteiger charge is -2.11. The molecule has 0 fully saturated rings. The fourth-order valence-electron chi connectivity index (χ4n) is 2.36. The van der Waals surface area contributed by atoms with Gasteiger partial charge in [-0.2, -0.15) is 0 Å². The quantitative estimate of drug-likeness (QED) is 0.744. The van der Waals surface area contributed by atoms with Gasteiger partial charge in [-0.15, -0.1) is 0 Å².